The number of hydrogen-bond donors (Lipinski definition) is 1. The third-order valence-corrected chi connectivity index (χ3v) is 3.70. The van der Waals surface area contributed by atoms with Crippen LogP contribution in [-0.4, -0.2) is 59.1 Å². The van der Waals surface area contributed by atoms with Crippen molar-refractivity contribution in [1.29, 1.82) is 0 Å². The van der Waals surface area contributed by atoms with Crippen LogP contribution in [0.15, 0.2) is 18.2 Å². The maximum Gasteiger partial charge on any atom is 0.254 e. The second-order valence-corrected chi connectivity index (χ2v) is 6.34. The zero-order valence-electron chi connectivity index (χ0n) is 12.9. The highest BCUT2D eigenvalue weighted by Crippen LogP contribution is 2.15. The van der Waals surface area contributed by atoms with E-state index in [4.69, 9.17) is 0 Å². The Morgan fingerprint density at radius 3 is 2.48 bits per heavy atom. The minimum Gasteiger partial charge on any atom is -0.389 e. The van der Waals surface area contributed by atoms with Crippen molar-refractivity contribution in [3.05, 3.63) is 35.1 Å². The number of aryl methyl sites for hydroxylation is 1. The Morgan fingerprint density at radius 1 is 1.29 bits per heavy atom. The van der Waals surface area contributed by atoms with Crippen molar-refractivity contribution in [3.63, 3.8) is 0 Å². The van der Waals surface area contributed by atoms with Crippen LogP contribution in [0.2, 0.25) is 0 Å². The Hall–Kier alpha value is -1.46. The summed E-state index contributed by atoms with van der Waals surface area (Å²) in [6.45, 7) is 8.62. The van der Waals surface area contributed by atoms with Gasteiger partial charge in [-0.3, -0.25) is 9.69 Å². The number of β-amino-alcohol motifs (C(OH)–C–C–N with tert-alkyl or cyclic N) is 1. The summed E-state index contributed by atoms with van der Waals surface area (Å²) in [5.41, 5.74) is 0.497. The van der Waals surface area contributed by atoms with Gasteiger partial charge in [-0.2, -0.15) is 0 Å². The molecule has 1 fully saturated rings. The number of nitrogens with zero attached hydrogens (tertiary/aromatic N) is 2. The lowest BCUT2D eigenvalue weighted by Crippen LogP contribution is -2.52. The zero-order chi connectivity index (χ0) is 15.6. The van der Waals surface area contributed by atoms with Crippen LogP contribution in [0.25, 0.3) is 0 Å². The van der Waals surface area contributed by atoms with E-state index in [1.807, 2.05) is 6.92 Å². The van der Waals surface area contributed by atoms with E-state index < -0.39 is 5.60 Å². The van der Waals surface area contributed by atoms with E-state index in [0.717, 1.165) is 18.7 Å². The molecule has 0 saturated carbocycles. The fraction of sp³-hybridized carbons (Fsp3) is 0.562. The lowest BCUT2D eigenvalue weighted by Gasteiger charge is -2.37. The zero-order valence-corrected chi connectivity index (χ0v) is 12.9. The first kappa shape index (κ1) is 15.9. The molecule has 21 heavy (non-hydrogen) atoms. The van der Waals surface area contributed by atoms with Gasteiger partial charge in [0.05, 0.1) is 5.60 Å². The van der Waals surface area contributed by atoms with E-state index in [1.165, 1.54) is 12.1 Å². The van der Waals surface area contributed by atoms with Crippen molar-refractivity contribution in [2.45, 2.75) is 26.4 Å². The van der Waals surface area contributed by atoms with Crippen molar-refractivity contribution in [2.75, 3.05) is 32.7 Å². The van der Waals surface area contributed by atoms with E-state index in [2.05, 4.69) is 4.90 Å². The third kappa shape index (κ3) is 4.25. The van der Waals surface area contributed by atoms with Crippen LogP contribution in [0, 0.1) is 12.7 Å². The number of aliphatic hydroxyl groups is 1. The van der Waals surface area contributed by atoms with E-state index in [0.29, 0.717) is 25.2 Å². The third-order valence-electron chi connectivity index (χ3n) is 3.70. The minimum absolute atomic E-state index is 0.116. The van der Waals surface area contributed by atoms with Crippen molar-refractivity contribution in [3.8, 4) is 0 Å². The molecule has 1 aromatic carbocycles. The standard InChI is InChI=1S/C16H23FN2O2/c1-12-4-5-13(17)10-14(12)15(20)19-8-6-18(7-9-19)11-16(2,3)21/h4-5,10,21H,6-9,11H2,1-3H3. The van der Waals surface area contributed by atoms with Crippen molar-refractivity contribution >= 4 is 5.91 Å². The number of amides is 1. The summed E-state index contributed by atoms with van der Waals surface area (Å²) in [6.07, 6.45) is 0. The van der Waals surface area contributed by atoms with Gasteiger partial charge in [0.15, 0.2) is 0 Å². The molecule has 0 atom stereocenters. The molecule has 0 radical (unpaired) electrons. The topological polar surface area (TPSA) is 43.8 Å². The summed E-state index contributed by atoms with van der Waals surface area (Å²) in [5, 5.41) is 9.83. The summed E-state index contributed by atoms with van der Waals surface area (Å²) in [4.78, 5) is 16.3. The van der Waals surface area contributed by atoms with Crippen molar-refractivity contribution in [2.24, 2.45) is 0 Å². The number of rotatable bonds is 3. The number of carbonyl (C=O) groups is 1. The van der Waals surface area contributed by atoms with Gasteiger partial charge in [0.2, 0.25) is 0 Å². The molecule has 5 heteroatoms. The predicted molar refractivity (Wildman–Crippen MR) is 79.8 cm³/mol. The Bertz CT molecular complexity index is 517. The van der Waals surface area contributed by atoms with E-state index in [-0.39, 0.29) is 11.7 Å². The summed E-state index contributed by atoms with van der Waals surface area (Å²) in [5.74, 6) is -0.500. The molecule has 1 aromatic rings. The number of piperazine rings is 1. The molecule has 0 aromatic heterocycles. The van der Waals surface area contributed by atoms with Gasteiger partial charge in [0.25, 0.3) is 5.91 Å². The lowest BCUT2D eigenvalue weighted by atomic mass is 10.1. The summed E-state index contributed by atoms with van der Waals surface area (Å²) in [7, 11) is 0. The summed E-state index contributed by atoms with van der Waals surface area (Å²) in [6, 6.07) is 4.31. The molecular weight excluding hydrogens is 271 g/mol. The van der Waals surface area contributed by atoms with Gasteiger partial charge >= 0.3 is 0 Å². The van der Waals surface area contributed by atoms with Crippen LogP contribution in [-0.2, 0) is 0 Å². The Morgan fingerprint density at radius 2 is 1.90 bits per heavy atom. The first-order valence-corrected chi connectivity index (χ1v) is 7.26. The van der Waals surface area contributed by atoms with Gasteiger partial charge in [0.1, 0.15) is 5.82 Å². The minimum atomic E-state index is -0.731. The van der Waals surface area contributed by atoms with Crippen LogP contribution in [0.3, 0.4) is 0 Å². The molecular formula is C16H23FN2O2. The van der Waals surface area contributed by atoms with Gasteiger partial charge in [-0.25, -0.2) is 4.39 Å². The van der Waals surface area contributed by atoms with Crippen molar-refractivity contribution in [1.82, 2.24) is 9.80 Å². The van der Waals surface area contributed by atoms with Crippen LogP contribution in [0.5, 0.6) is 0 Å². The van der Waals surface area contributed by atoms with Crippen LogP contribution in [0.4, 0.5) is 4.39 Å². The fourth-order valence-electron chi connectivity index (χ4n) is 2.65. The quantitative estimate of drug-likeness (QED) is 0.922. The first-order chi connectivity index (χ1) is 9.76. The number of hydrogen-bond acceptors (Lipinski definition) is 3. The lowest BCUT2D eigenvalue weighted by molar-refractivity contribution is 0.0178. The van der Waals surface area contributed by atoms with Gasteiger partial charge in [-0.05, 0) is 38.5 Å². The molecule has 116 valence electrons. The van der Waals surface area contributed by atoms with Gasteiger partial charge < -0.3 is 10.0 Å². The average molecular weight is 294 g/mol. The molecule has 1 heterocycles. The second kappa shape index (κ2) is 6.12. The molecule has 1 N–H and O–H groups in total. The smallest absolute Gasteiger partial charge is 0.254 e. The molecule has 2 rings (SSSR count). The molecule has 4 nitrogen and oxygen atoms in total. The maximum atomic E-state index is 13.3. The van der Waals surface area contributed by atoms with Gasteiger partial charge in [-0.15, -0.1) is 0 Å². The first-order valence-electron chi connectivity index (χ1n) is 7.26. The van der Waals surface area contributed by atoms with Crippen molar-refractivity contribution < 1.29 is 14.3 Å². The Kier molecular flexibility index (Phi) is 4.64. The number of halogens is 1. The molecule has 0 unspecified atom stereocenters. The maximum absolute atomic E-state index is 13.3. The largest absolute Gasteiger partial charge is 0.389 e. The highest BCUT2D eigenvalue weighted by molar-refractivity contribution is 5.95. The predicted octanol–water partition coefficient (Wildman–Crippen LogP) is 1.66. The molecule has 1 aliphatic heterocycles. The van der Waals surface area contributed by atoms with E-state index in [9.17, 15) is 14.3 Å². The summed E-state index contributed by atoms with van der Waals surface area (Å²) >= 11 is 0. The highest BCUT2D eigenvalue weighted by atomic mass is 19.1. The molecule has 1 saturated heterocycles. The second-order valence-electron chi connectivity index (χ2n) is 6.34. The SMILES string of the molecule is Cc1ccc(F)cc1C(=O)N1CCN(CC(C)(C)O)CC1. The van der Waals surface area contributed by atoms with Gasteiger partial charge in [0, 0.05) is 38.3 Å². The van der Waals surface area contributed by atoms with Crippen LogP contribution < -0.4 is 0 Å². The summed E-state index contributed by atoms with van der Waals surface area (Å²) < 4.78 is 13.3. The normalized spacial score (nSPS) is 17.1. The molecule has 1 aliphatic rings. The molecule has 1 amide bonds. The Balaban J connectivity index is 1.99. The van der Waals surface area contributed by atoms with Crippen LogP contribution >= 0.6 is 0 Å². The molecule has 0 spiro atoms. The average Bonchev–Trinajstić information content (AvgIpc) is 2.40. The number of carbonyl (C=O) groups excluding carboxylic acids is 1. The fourth-order valence-corrected chi connectivity index (χ4v) is 2.65. The monoisotopic (exact) mass is 294 g/mol. The molecule has 0 aliphatic carbocycles. The Labute approximate surface area is 125 Å². The number of benzene rings is 1. The highest BCUT2D eigenvalue weighted by Gasteiger charge is 2.26. The van der Waals surface area contributed by atoms with E-state index in [1.54, 1.807) is 24.8 Å². The van der Waals surface area contributed by atoms with Gasteiger partial charge in [-0.1, -0.05) is 6.07 Å². The van der Waals surface area contributed by atoms with E-state index >= 15 is 0 Å². The van der Waals surface area contributed by atoms with Crippen LogP contribution in [0.1, 0.15) is 29.8 Å². The molecule has 0 bridgehead atoms.